The summed E-state index contributed by atoms with van der Waals surface area (Å²) < 4.78 is 51.9. The normalized spacial score (nSPS) is 26.9. The van der Waals surface area contributed by atoms with Crippen LogP contribution in [0.4, 0.5) is 0 Å². The zero-order chi connectivity index (χ0) is 25.5. The molecule has 6 N–H and O–H groups in total. The van der Waals surface area contributed by atoms with Gasteiger partial charge in [-0.2, -0.15) is 8.62 Å². The molecule has 1 aromatic heterocycles. The number of aromatic nitrogens is 1. The van der Waals surface area contributed by atoms with Gasteiger partial charge in [0.2, 0.25) is 0 Å². The van der Waals surface area contributed by atoms with Crippen LogP contribution in [0.3, 0.4) is 0 Å². The fraction of sp³-hybridized carbons (Fsp3) is 0.400. The fourth-order valence-electron chi connectivity index (χ4n) is 3.13. The minimum Gasteiger partial charge on any atom is -0.387 e. The van der Waals surface area contributed by atoms with Crippen molar-refractivity contribution in [2.45, 2.75) is 29.4 Å². The Morgan fingerprint density at radius 1 is 1.03 bits per heavy atom. The maximum Gasteiger partial charge on any atom is 0.490 e. The Bertz CT molecular complexity index is 1260. The fourth-order valence-corrected chi connectivity index (χ4v) is 6.60. The summed E-state index contributed by atoms with van der Waals surface area (Å²) in [6, 6.07) is 6.78. The summed E-state index contributed by atoms with van der Waals surface area (Å²) in [7, 11) is -16.7. The van der Waals surface area contributed by atoms with Gasteiger partial charge in [-0.05, 0) is 29.8 Å². The van der Waals surface area contributed by atoms with Gasteiger partial charge in [0.15, 0.2) is 6.23 Å². The molecule has 0 aliphatic carbocycles. The van der Waals surface area contributed by atoms with E-state index in [9.17, 15) is 33.6 Å². The molecular weight excluding hydrogens is 543 g/mol. The van der Waals surface area contributed by atoms with Gasteiger partial charge < -0.3 is 34.5 Å². The Balaban J connectivity index is 1.75. The Kier molecular flexibility index (Phi) is 8.30. The van der Waals surface area contributed by atoms with Crippen LogP contribution in [0.15, 0.2) is 40.2 Å². The maximum atomic E-state index is 12.9. The molecule has 3 rings (SSSR count). The Hall–Kier alpha value is -0.930. The van der Waals surface area contributed by atoms with Gasteiger partial charge in [0.1, 0.15) is 18.3 Å². The third kappa shape index (κ3) is 6.64. The summed E-state index contributed by atoms with van der Waals surface area (Å²) in [5, 5.41) is 21.6. The van der Waals surface area contributed by atoms with Gasteiger partial charge >= 0.3 is 23.5 Å². The second kappa shape index (κ2) is 10.2. The van der Waals surface area contributed by atoms with Gasteiger partial charge in [0.25, 0.3) is 5.56 Å². The molecule has 19 heteroatoms. The highest BCUT2D eigenvalue weighted by molar-refractivity contribution is 7.98. The summed E-state index contributed by atoms with van der Waals surface area (Å²) >= 11 is 1.41. The smallest absolute Gasteiger partial charge is 0.387 e. The van der Waals surface area contributed by atoms with Crippen LogP contribution in [0.5, 0.6) is 0 Å². The van der Waals surface area contributed by atoms with Gasteiger partial charge in [0, 0.05) is 16.5 Å². The van der Waals surface area contributed by atoms with Crippen LogP contribution >= 0.6 is 35.2 Å². The van der Waals surface area contributed by atoms with E-state index in [1.54, 1.807) is 18.2 Å². The molecular formula is C15H20NO14P3S. The lowest BCUT2D eigenvalue weighted by atomic mass is 10.1. The first kappa shape index (κ1) is 27.7. The van der Waals surface area contributed by atoms with Crippen LogP contribution in [-0.2, 0) is 31.6 Å². The maximum absolute atomic E-state index is 12.9. The van der Waals surface area contributed by atoms with E-state index in [-0.39, 0.29) is 0 Å². The highest BCUT2D eigenvalue weighted by Gasteiger charge is 2.46. The number of nitrogens with zero attached hydrogens (tertiary/aromatic N) is 1. The molecule has 0 amide bonds. The van der Waals surface area contributed by atoms with Crippen LogP contribution < -0.4 is 5.56 Å². The predicted octanol–water partition coefficient (Wildman–Crippen LogP) is 0.686. The van der Waals surface area contributed by atoms with Crippen molar-refractivity contribution in [1.82, 2.24) is 4.57 Å². The number of aliphatic hydroxyl groups is 2. The van der Waals surface area contributed by atoms with E-state index in [1.807, 2.05) is 12.3 Å². The quantitative estimate of drug-likeness (QED) is 0.182. The zero-order valence-corrected chi connectivity index (χ0v) is 20.5. The number of rotatable bonds is 9. The van der Waals surface area contributed by atoms with Crippen molar-refractivity contribution in [3.05, 3.63) is 40.8 Å². The minimum atomic E-state index is -5.72. The van der Waals surface area contributed by atoms with Crippen molar-refractivity contribution in [2.75, 3.05) is 12.9 Å². The number of thioether (sulfide) groups is 1. The molecule has 6 atom stereocenters. The summed E-state index contributed by atoms with van der Waals surface area (Å²) in [4.78, 5) is 49.5. The number of phosphoric acid groups is 3. The highest BCUT2D eigenvalue weighted by atomic mass is 32.2. The van der Waals surface area contributed by atoms with Crippen LogP contribution in [0, 0.1) is 0 Å². The van der Waals surface area contributed by atoms with Crippen LogP contribution in [-0.4, -0.2) is 65.5 Å². The van der Waals surface area contributed by atoms with E-state index in [0.717, 1.165) is 9.46 Å². The van der Waals surface area contributed by atoms with E-state index < -0.39 is 60.2 Å². The Morgan fingerprint density at radius 3 is 2.32 bits per heavy atom. The Morgan fingerprint density at radius 2 is 1.71 bits per heavy atom. The number of benzene rings is 1. The molecule has 15 nitrogen and oxygen atoms in total. The number of ether oxygens (including phenoxy) is 1. The first-order valence-electron chi connectivity index (χ1n) is 9.11. The number of pyridine rings is 1. The molecule has 1 fully saturated rings. The monoisotopic (exact) mass is 563 g/mol. The molecule has 34 heavy (non-hydrogen) atoms. The molecule has 0 saturated carbocycles. The van der Waals surface area contributed by atoms with E-state index in [4.69, 9.17) is 19.4 Å². The van der Waals surface area contributed by atoms with Gasteiger partial charge in [-0.3, -0.25) is 13.9 Å². The second-order valence-corrected chi connectivity index (χ2v) is 12.2. The van der Waals surface area contributed by atoms with Crippen molar-refractivity contribution in [2.24, 2.45) is 0 Å². The summed E-state index contributed by atoms with van der Waals surface area (Å²) in [5.74, 6) is 0. The van der Waals surface area contributed by atoms with E-state index in [1.165, 1.54) is 18.0 Å². The largest absolute Gasteiger partial charge is 0.490 e. The van der Waals surface area contributed by atoms with Gasteiger partial charge in [-0.1, -0.05) is 6.07 Å². The molecule has 0 spiro atoms. The number of hydrogen-bond acceptors (Lipinski definition) is 11. The summed E-state index contributed by atoms with van der Waals surface area (Å²) in [6.45, 7) is -0.989. The number of fused-ring (bicyclic) bond motifs is 1. The molecule has 2 heterocycles. The third-order valence-corrected chi connectivity index (χ3v) is 9.10. The number of phosphoric ester groups is 1. The van der Waals surface area contributed by atoms with Crippen molar-refractivity contribution < 1.29 is 61.4 Å². The van der Waals surface area contributed by atoms with E-state index >= 15 is 0 Å². The van der Waals surface area contributed by atoms with Crippen LogP contribution in [0.1, 0.15) is 6.23 Å². The number of hydrogen-bond donors (Lipinski definition) is 6. The minimum absolute atomic E-state index is 0.316. The lowest BCUT2D eigenvalue weighted by Crippen LogP contribution is -2.35. The van der Waals surface area contributed by atoms with E-state index in [2.05, 4.69) is 13.1 Å². The topological polar surface area (TPSA) is 232 Å². The zero-order valence-electron chi connectivity index (χ0n) is 17.0. The summed E-state index contributed by atoms with van der Waals surface area (Å²) in [6.07, 6.45) is -3.17. The second-order valence-electron chi connectivity index (χ2n) is 6.91. The lowest BCUT2D eigenvalue weighted by molar-refractivity contribution is -0.0533. The SMILES string of the molecule is CSc1ccc2ccn([C@@H]3O[C@H](COP(=O)(O)OP(=O)(O)OP(=O)(O)O)[C@@H](O)[C@H]3O)c(=O)c2c1. The molecule has 2 aromatic rings. The van der Waals surface area contributed by atoms with Gasteiger partial charge in [-0.25, -0.2) is 13.7 Å². The molecule has 1 aliphatic rings. The van der Waals surface area contributed by atoms with Crippen molar-refractivity contribution >= 4 is 46.0 Å². The van der Waals surface area contributed by atoms with Crippen molar-refractivity contribution in [3.8, 4) is 0 Å². The van der Waals surface area contributed by atoms with Gasteiger partial charge in [0.05, 0.1) is 6.61 Å². The third-order valence-electron chi connectivity index (χ3n) is 4.57. The van der Waals surface area contributed by atoms with Crippen molar-refractivity contribution in [1.29, 1.82) is 0 Å². The van der Waals surface area contributed by atoms with Crippen LogP contribution in [0.25, 0.3) is 10.8 Å². The van der Waals surface area contributed by atoms with Gasteiger partial charge in [-0.15, -0.1) is 11.8 Å². The number of aliphatic hydroxyl groups excluding tert-OH is 2. The first-order valence-corrected chi connectivity index (χ1v) is 14.9. The molecule has 1 aliphatic heterocycles. The first-order chi connectivity index (χ1) is 15.6. The van der Waals surface area contributed by atoms with Crippen LogP contribution in [0.2, 0.25) is 0 Å². The predicted molar refractivity (Wildman–Crippen MR) is 116 cm³/mol. The lowest BCUT2D eigenvalue weighted by Gasteiger charge is -2.19. The highest BCUT2D eigenvalue weighted by Crippen LogP contribution is 2.66. The van der Waals surface area contributed by atoms with Crippen molar-refractivity contribution in [3.63, 3.8) is 0 Å². The summed E-state index contributed by atoms with van der Waals surface area (Å²) in [5.41, 5.74) is -0.543. The molecule has 0 bridgehead atoms. The molecule has 1 saturated heterocycles. The molecule has 0 radical (unpaired) electrons. The molecule has 2 unspecified atom stereocenters. The standard InChI is InChI=1S/C15H20NO14P3S/c1-34-9-3-2-8-4-5-16(14(19)10(8)6-9)15-13(18)12(17)11(28-15)7-27-32(23,24)30-33(25,26)29-31(20,21)22/h2-6,11-13,15,17-18H,7H2,1H3,(H,23,24)(H,25,26)(H2,20,21,22)/t11-,12-,13-,15-/m1/s1. The molecule has 190 valence electrons. The average molecular weight is 563 g/mol. The average Bonchev–Trinajstić information content (AvgIpc) is 2.98. The van der Waals surface area contributed by atoms with E-state index in [0.29, 0.717) is 10.8 Å². The Labute approximate surface area is 195 Å². The molecule has 1 aromatic carbocycles.